The van der Waals surface area contributed by atoms with E-state index < -0.39 is 0 Å². The molecule has 6 heteroatoms. The molecule has 0 radical (unpaired) electrons. The van der Waals surface area contributed by atoms with Gasteiger partial charge >= 0.3 is 5.97 Å². The maximum atomic E-state index is 11.5. The van der Waals surface area contributed by atoms with Crippen molar-refractivity contribution >= 4 is 22.6 Å². The van der Waals surface area contributed by atoms with Gasteiger partial charge in [-0.1, -0.05) is 11.6 Å². The summed E-state index contributed by atoms with van der Waals surface area (Å²) in [6, 6.07) is 6.50. The second-order valence-corrected chi connectivity index (χ2v) is 6.45. The summed E-state index contributed by atoms with van der Waals surface area (Å²) < 4.78 is 4.74. The number of esters is 1. The Morgan fingerprint density at radius 1 is 1.28 bits per heavy atom. The summed E-state index contributed by atoms with van der Waals surface area (Å²) in [6.45, 7) is 7.46. The van der Waals surface area contributed by atoms with Crippen LogP contribution in [0.5, 0.6) is 0 Å². The lowest BCUT2D eigenvalue weighted by Gasteiger charge is -2.36. The Bertz CT molecular complexity index is 849. The number of benzene rings is 1. The number of methoxy groups -OCH3 is 1. The van der Waals surface area contributed by atoms with Crippen LogP contribution in [0.2, 0.25) is 0 Å². The molecule has 2 heterocycles. The summed E-state index contributed by atoms with van der Waals surface area (Å²) in [5.74, 6) is -0.216. The quantitative estimate of drug-likeness (QED) is 0.798. The number of carbonyl (C=O) groups is 1. The number of nitriles is 1. The Morgan fingerprint density at radius 2 is 2.00 bits per heavy atom. The summed E-state index contributed by atoms with van der Waals surface area (Å²) >= 11 is 0. The zero-order valence-electron chi connectivity index (χ0n) is 14.9. The van der Waals surface area contributed by atoms with Crippen LogP contribution in [0.1, 0.15) is 16.7 Å². The van der Waals surface area contributed by atoms with Crippen LogP contribution >= 0.6 is 0 Å². The van der Waals surface area contributed by atoms with Crippen molar-refractivity contribution in [3.8, 4) is 6.07 Å². The Hall–Kier alpha value is -2.65. The standard InChI is InChI=1S/C19H22N4O2/c1-13-8-14(2)18-16(9-13)19(15(10-20)11-21-18)23-6-4-22(5-7-23)12-17(24)25-3/h8-9,11H,4-7,12H2,1-3H3. The second kappa shape index (κ2) is 7.08. The lowest BCUT2D eigenvalue weighted by Crippen LogP contribution is -2.48. The van der Waals surface area contributed by atoms with E-state index in [1.807, 2.05) is 6.92 Å². The Kier molecular flexibility index (Phi) is 4.86. The van der Waals surface area contributed by atoms with Crippen molar-refractivity contribution in [3.63, 3.8) is 0 Å². The fourth-order valence-electron chi connectivity index (χ4n) is 3.45. The number of rotatable bonds is 3. The monoisotopic (exact) mass is 338 g/mol. The zero-order chi connectivity index (χ0) is 18.0. The first kappa shape index (κ1) is 17.2. The van der Waals surface area contributed by atoms with Gasteiger partial charge in [-0.3, -0.25) is 14.7 Å². The van der Waals surface area contributed by atoms with Crippen LogP contribution in [0, 0.1) is 25.2 Å². The smallest absolute Gasteiger partial charge is 0.319 e. The predicted molar refractivity (Wildman–Crippen MR) is 96.6 cm³/mol. The molecular formula is C19H22N4O2. The number of aryl methyl sites for hydroxylation is 2. The second-order valence-electron chi connectivity index (χ2n) is 6.45. The molecule has 0 aliphatic carbocycles. The molecule has 2 aromatic rings. The minimum absolute atomic E-state index is 0.216. The fourth-order valence-corrected chi connectivity index (χ4v) is 3.45. The number of anilines is 1. The number of hydrogen-bond donors (Lipinski definition) is 0. The minimum atomic E-state index is -0.216. The Balaban J connectivity index is 1.94. The van der Waals surface area contributed by atoms with Gasteiger partial charge in [0.2, 0.25) is 0 Å². The van der Waals surface area contributed by atoms with Gasteiger partial charge in [0.25, 0.3) is 0 Å². The Labute approximate surface area is 147 Å². The number of aromatic nitrogens is 1. The van der Waals surface area contributed by atoms with E-state index in [4.69, 9.17) is 4.74 Å². The fraction of sp³-hybridized carbons (Fsp3) is 0.421. The van der Waals surface area contributed by atoms with Crippen LogP contribution in [0.15, 0.2) is 18.3 Å². The van der Waals surface area contributed by atoms with Crippen LogP contribution in [-0.4, -0.2) is 55.7 Å². The molecule has 6 nitrogen and oxygen atoms in total. The van der Waals surface area contributed by atoms with Gasteiger partial charge in [-0.2, -0.15) is 5.26 Å². The zero-order valence-corrected chi connectivity index (χ0v) is 14.9. The molecule has 25 heavy (non-hydrogen) atoms. The number of carbonyl (C=O) groups excluding carboxylic acids is 1. The van der Waals surface area contributed by atoms with E-state index in [2.05, 4.69) is 39.9 Å². The van der Waals surface area contributed by atoms with Crippen LogP contribution in [-0.2, 0) is 9.53 Å². The van der Waals surface area contributed by atoms with Crippen molar-refractivity contribution < 1.29 is 9.53 Å². The molecule has 1 aromatic heterocycles. The van der Waals surface area contributed by atoms with Crippen molar-refractivity contribution in [3.05, 3.63) is 35.0 Å². The molecule has 130 valence electrons. The highest BCUT2D eigenvalue weighted by Crippen LogP contribution is 2.32. The number of fused-ring (bicyclic) bond motifs is 1. The first-order chi connectivity index (χ1) is 12.0. The molecule has 1 saturated heterocycles. The van der Waals surface area contributed by atoms with E-state index in [9.17, 15) is 10.1 Å². The number of ether oxygens (including phenoxy) is 1. The maximum absolute atomic E-state index is 11.5. The van der Waals surface area contributed by atoms with Gasteiger partial charge in [-0.05, 0) is 25.5 Å². The van der Waals surface area contributed by atoms with Gasteiger partial charge in [-0.25, -0.2) is 0 Å². The van der Waals surface area contributed by atoms with E-state index >= 15 is 0 Å². The lowest BCUT2D eigenvalue weighted by atomic mass is 10.0. The van der Waals surface area contributed by atoms with Crippen molar-refractivity contribution in [2.75, 3.05) is 44.7 Å². The van der Waals surface area contributed by atoms with Crippen molar-refractivity contribution in [2.24, 2.45) is 0 Å². The van der Waals surface area contributed by atoms with Gasteiger partial charge in [0, 0.05) is 37.8 Å². The molecule has 1 aliphatic heterocycles. The molecule has 1 aromatic carbocycles. The van der Waals surface area contributed by atoms with E-state index in [0.717, 1.165) is 53.9 Å². The first-order valence-corrected chi connectivity index (χ1v) is 8.37. The van der Waals surface area contributed by atoms with E-state index in [-0.39, 0.29) is 5.97 Å². The van der Waals surface area contributed by atoms with E-state index in [1.165, 1.54) is 7.11 Å². The summed E-state index contributed by atoms with van der Waals surface area (Å²) in [7, 11) is 1.41. The van der Waals surface area contributed by atoms with Crippen molar-refractivity contribution in [1.82, 2.24) is 9.88 Å². The van der Waals surface area contributed by atoms with Crippen LogP contribution < -0.4 is 4.90 Å². The van der Waals surface area contributed by atoms with E-state index in [0.29, 0.717) is 12.1 Å². The summed E-state index contributed by atoms with van der Waals surface area (Å²) in [4.78, 5) is 20.3. The highest BCUT2D eigenvalue weighted by Gasteiger charge is 2.23. The number of hydrogen-bond acceptors (Lipinski definition) is 6. The summed E-state index contributed by atoms with van der Waals surface area (Å²) in [6.07, 6.45) is 1.67. The summed E-state index contributed by atoms with van der Waals surface area (Å²) in [5, 5.41) is 10.6. The lowest BCUT2D eigenvalue weighted by molar-refractivity contribution is -0.142. The highest BCUT2D eigenvalue weighted by molar-refractivity contribution is 5.96. The van der Waals surface area contributed by atoms with E-state index in [1.54, 1.807) is 6.20 Å². The topological polar surface area (TPSA) is 69.5 Å². The van der Waals surface area contributed by atoms with Crippen LogP contribution in [0.4, 0.5) is 5.69 Å². The van der Waals surface area contributed by atoms with Gasteiger partial charge < -0.3 is 9.64 Å². The van der Waals surface area contributed by atoms with Gasteiger partial charge in [0.05, 0.1) is 30.4 Å². The molecule has 0 N–H and O–H groups in total. The first-order valence-electron chi connectivity index (χ1n) is 8.37. The molecule has 1 aliphatic rings. The molecule has 1 fully saturated rings. The third kappa shape index (κ3) is 3.42. The number of nitrogens with zero attached hydrogens (tertiary/aromatic N) is 4. The Morgan fingerprint density at radius 3 is 2.64 bits per heavy atom. The van der Waals surface area contributed by atoms with Gasteiger partial charge in [0.15, 0.2) is 0 Å². The molecule has 0 saturated carbocycles. The third-order valence-corrected chi connectivity index (χ3v) is 4.67. The maximum Gasteiger partial charge on any atom is 0.319 e. The summed E-state index contributed by atoms with van der Waals surface area (Å²) in [5.41, 5.74) is 4.77. The molecule has 0 spiro atoms. The average Bonchev–Trinajstić information content (AvgIpc) is 2.61. The van der Waals surface area contributed by atoms with Gasteiger partial charge in [0.1, 0.15) is 6.07 Å². The van der Waals surface area contributed by atoms with Crippen molar-refractivity contribution in [2.45, 2.75) is 13.8 Å². The normalized spacial score (nSPS) is 15.2. The van der Waals surface area contributed by atoms with Crippen LogP contribution in [0.3, 0.4) is 0 Å². The third-order valence-electron chi connectivity index (χ3n) is 4.67. The SMILES string of the molecule is COC(=O)CN1CCN(c2c(C#N)cnc3c(C)cc(C)cc23)CC1. The molecule has 0 atom stereocenters. The molecule has 0 bridgehead atoms. The number of piperazine rings is 1. The number of pyridine rings is 1. The van der Waals surface area contributed by atoms with Crippen LogP contribution in [0.25, 0.3) is 10.9 Å². The molecule has 0 amide bonds. The van der Waals surface area contributed by atoms with Crippen molar-refractivity contribution in [1.29, 1.82) is 5.26 Å². The predicted octanol–water partition coefficient (Wildman–Crippen LogP) is 2.02. The molecular weight excluding hydrogens is 316 g/mol. The molecule has 3 rings (SSSR count). The minimum Gasteiger partial charge on any atom is -0.468 e. The average molecular weight is 338 g/mol. The van der Waals surface area contributed by atoms with Gasteiger partial charge in [-0.15, -0.1) is 0 Å². The highest BCUT2D eigenvalue weighted by atomic mass is 16.5. The largest absolute Gasteiger partial charge is 0.468 e. The molecule has 0 unspecified atom stereocenters.